The molecular weight excluding hydrogens is 343 g/mol. The zero-order chi connectivity index (χ0) is 17.5. The molecule has 0 aliphatic carbocycles. The quantitative estimate of drug-likeness (QED) is 0.336. The Morgan fingerprint density at radius 3 is 2.40 bits per heavy atom. The van der Waals surface area contributed by atoms with Crippen LogP contribution in [0.2, 0.25) is 0 Å². The molecule has 3 aromatic rings. The molecule has 0 fully saturated rings. The molecule has 1 atom stereocenters. The van der Waals surface area contributed by atoms with Crippen LogP contribution < -0.4 is 10.6 Å². The molecule has 25 heavy (non-hydrogen) atoms. The Balaban J connectivity index is 1.82. The molecule has 0 saturated heterocycles. The molecule has 0 saturated carbocycles. The molecule has 0 spiro atoms. The summed E-state index contributed by atoms with van der Waals surface area (Å²) < 4.78 is 13.0. The molecule has 0 aliphatic heterocycles. The number of unbranched alkanes of at least 4 members (excludes halogenated alkanes) is 3. The number of hydrogen-bond donors (Lipinski definition) is 0. The van der Waals surface area contributed by atoms with Crippen molar-refractivity contribution in [1.29, 1.82) is 0 Å². The smallest absolute Gasteiger partial charge is 0.140 e. The second kappa shape index (κ2) is 9.08. The predicted molar refractivity (Wildman–Crippen MR) is 111 cm³/mol. The van der Waals surface area contributed by atoms with Gasteiger partial charge in [0.2, 0.25) is 5.30 Å². The number of thiophene rings is 1. The molecule has 0 aliphatic rings. The first kappa shape index (κ1) is 18.0. The highest BCUT2D eigenvalue weighted by Gasteiger charge is 2.27. The first-order valence-corrected chi connectivity index (χ1v) is 11.1. The van der Waals surface area contributed by atoms with Crippen molar-refractivity contribution in [3.05, 3.63) is 71.6 Å². The highest BCUT2D eigenvalue weighted by atomic mass is 32.1. The fraction of sp³-hybridized carbons (Fsp3) is 0.273. The van der Waals surface area contributed by atoms with E-state index in [1.165, 1.54) is 35.4 Å². The lowest BCUT2D eigenvalue weighted by Crippen LogP contribution is -2.08. The monoisotopic (exact) mass is 367 g/mol. The van der Waals surface area contributed by atoms with Gasteiger partial charge in [0.05, 0.1) is 0 Å². The molecule has 0 bridgehead atoms. The maximum absolute atomic E-state index is 13.0. The van der Waals surface area contributed by atoms with Crippen LogP contribution >= 0.6 is 19.1 Å². The van der Waals surface area contributed by atoms with Crippen LogP contribution in [0, 0.1) is 0 Å². The minimum atomic E-state index is -1.57. The summed E-state index contributed by atoms with van der Waals surface area (Å²) in [4.78, 5) is 2.65. The largest absolute Gasteiger partial charge is 0.415 e. The van der Waals surface area contributed by atoms with E-state index < -0.39 is 7.80 Å². The second-order valence-electron chi connectivity index (χ2n) is 6.22. The Bertz CT molecular complexity index is 823. The van der Waals surface area contributed by atoms with E-state index in [9.17, 15) is 4.57 Å². The topological polar surface area (TPSA) is 17.1 Å². The van der Waals surface area contributed by atoms with Gasteiger partial charge in [0, 0.05) is 15.3 Å². The van der Waals surface area contributed by atoms with Crippen molar-refractivity contribution in [3.63, 3.8) is 0 Å². The van der Waals surface area contributed by atoms with E-state index in [4.69, 9.17) is 0 Å². The summed E-state index contributed by atoms with van der Waals surface area (Å²) in [6.45, 7) is 2.24. The third-order valence-electron chi connectivity index (χ3n) is 4.32. The highest BCUT2D eigenvalue weighted by Crippen LogP contribution is 2.32. The van der Waals surface area contributed by atoms with E-state index in [0.29, 0.717) is 0 Å². The van der Waals surface area contributed by atoms with E-state index in [1.54, 1.807) is 0 Å². The van der Waals surface area contributed by atoms with E-state index in [2.05, 4.69) is 25.1 Å². The van der Waals surface area contributed by atoms with Crippen molar-refractivity contribution in [2.45, 2.75) is 39.0 Å². The van der Waals surface area contributed by atoms with Gasteiger partial charge in [-0.1, -0.05) is 61.1 Å². The van der Waals surface area contributed by atoms with Gasteiger partial charge in [-0.2, -0.15) is 0 Å². The van der Waals surface area contributed by atoms with Crippen LogP contribution in [-0.2, 0) is 11.0 Å². The number of rotatable bonds is 8. The van der Waals surface area contributed by atoms with Crippen molar-refractivity contribution in [2.24, 2.45) is 0 Å². The maximum atomic E-state index is 13.0. The molecule has 0 N–H and O–H groups in total. The third-order valence-corrected chi connectivity index (χ3v) is 7.09. The molecule has 128 valence electrons. The molecule has 2 aromatic carbocycles. The molecule has 0 radical (unpaired) electrons. The molecule has 1 unspecified atom stereocenters. The third kappa shape index (κ3) is 4.66. The van der Waals surface area contributed by atoms with Gasteiger partial charge in [-0.15, -0.1) is 11.3 Å². The first-order valence-electron chi connectivity index (χ1n) is 9.00. The zero-order valence-electron chi connectivity index (χ0n) is 14.7. The zero-order valence-corrected chi connectivity index (χ0v) is 16.4. The van der Waals surface area contributed by atoms with Crippen molar-refractivity contribution >= 4 is 29.7 Å². The van der Waals surface area contributed by atoms with Gasteiger partial charge < -0.3 is 0 Å². The minimum Gasteiger partial charge on any atom is -0.140 e. The minimum absolute atomic E-state index is 0.890. The lowest BCUT2D eigenvalue weighted by Gasteiger charge is -2.00. The Kier molecular flexibility index (Phi) is 6.55. The predicted octanol–water partition coefficient (Wildman–Crippen LogP) is 6.32. The van der Waals surface area contributed by atoms with Crippen molar-refractivity contribution in [3.8, 4) is 10.4 Å². The normalized spacial score (nSPS) is 11.5. The van der Waals surface area contributed by atoms with Crippen LogP contribution in [0.25, 0.3) is 10.4 Å². The maximum Gasteiger partial charge on any atom is 0.415 e. The molecular formula is C22H24OPS+. The van der Waals surface area contributed by atoms with Crippen LogP contribution in [0.1, 0.15) is 37.5 Å². The SMILES string of the molecule is CCCCCCc1ccc(-c2ccccc2[P+](=O)c2ccccc2)s1. The Hall–Kier alpha value is -1.76. The average molecular weight is 367 g/mol. The lowest BCUT2D eigenvalue weighted by atomic mass is 10.1. The highest BCUT2D eigenvalue weighted by molar-refractivity contribution is 7.61. The van der Waals surface area contributed by atoms with Gasteiger partial charge in [-0.3, -0.25) is 0 Å². The summed E-state index contributed by atoms with van der Waals surface area (Å²) in [6, 6.07) is 22.3. The van der Waals surface area contributed by atoms with Gasteiger partial charge in [0.25, 0.3) is 0 Å². The average Bonchev–Trinajstić information content (AvgIpc) is 3.14. The van der Waals surface area contributed by atoms with Gasteiger partial charge in [-0.25, -0.2) is 0 Å². The molecule has 1 nitrogen and oxygen atoms in total. The second-order valence-corrected chi connectivity index (χ2v) is 8.98. The Morgan fingerprint density at radius 2 is 1.60 bits per heavy atom. The summed E-state index contributed by atoms with van der Waals surface area (Å²) in [7, 11) is -1.57. The van der Waals surface area contributed by atoms with Gasteiger partial charge in [0.15, 0.2) is 5.30 Å². The van der Waals surface area contributed by atoms with Gasteiger partial charge in [-0.05, 0) is 49.2 Å². The first-order chi connectivity index (χ1) is 12.3. The lowest BCUT2D eigenvalue weighted by molar-refractivity contribution is 0.598. The van der Waals surface area contributed by atoms with Crippen LogP contribution in [0.15, 0.2) is 66.7 Å². The number of hydrogen-bond acceptors (Lipinski definition) is 2. The van der Waals surface area contributed by atoms with Crippen LogP contribution in [0.4, 0.5) is 0 Å². The summed E-state index contributed by atoms with van der Waals surface area (Å²) in [5, 5.41) is 1.82. The molecule has 3 rings (SSSR count). The Morgan fingerprint density at radius 1 is 0.840 bits per heavy atom. The Labute approximate surface area is 155 Å². The van der Waals surface area contributed by atoms with Crippen LogP contribution in [0.3, 0.4) is 0 Å². The van der Waals surface area contributed by atoms with Crippen molar-refractivity contribution < 1.29 is 4.57 Å². The molecule has 1 heterocycles. The van der Waals surface area contributed by atoms with E-state index >= 15 is 0 Å². The van der Waals surface area contributed by atoms with E-state index in [1.807, 2.05) is 59.9 Å². The van der Waals surface area contributed by atoms with Gasteiger partial charge in [0.1, 0.15) is 0 Å². The molecule has 3 heteroatoms. The van der Waals surface area contributed by atoms with E-state index in [0.717, 1.165) is 22.6 Å². The van der Waals surface area contributed by atoms with E-state index in [-0.39, 0.29) is 0 Å². The fourth-order valence-corrected chi connectivity index (χ4v) is 5.47. The van der Waals surface area contributed by atoms with Crippen molar-refractivity contribution in [2.75, 3.05) is 0 Å². The molecule has 0 amide bonds. The van der Waals surface area contributed by atoms with Crippen LogP contribution in [0.5, 0.6) is 0 Å². The van der Waals surface area contributed by atoms with Crippen molar-refractivity contribution in [1.82, 2.24) is 0 Å². The summed E-state index contributed by atoms with van der Waals surface area (Å²) in [6.07, 6.45) is 6.31. The van der Waals surface area contributed by atoms with Gasteiger partial charge >= 0.3 is 7.80 Å². The van der Waals surface area contributed by atoms with Crippen LogP contribution in [-0.4, -0.2) is 0 Å². The fourth-order valence-electron chi connectivity index (χ4n) is 2.94. The summed E-state index contributed by atoms with van der Waals surface area (Å²) in [5.74, 6) is 0. The molecule has 1 aromatic heterocycles. The summed E-state index contributed by atoms with van der Waals surface area (Å²) >= 11 is 1.84. The summed E-state index contributed by atoms with van der Waals surface area (Å²) in [5.41, 5.74) is 1.11. The number of benzene rings is 2. The number of aryl methyl sites for hydroxylation is 1. The standard InChI is InChI=1S/C22H24OPS/c1-2-3-4-8-13-19-16-17-22(25-19)20-14-9-10-15-21(20)24(23)18-11-6-5-7-12-18/h5-7,9-12,14-17H,2-4,8,13H2,1H3/q+1.